The molecule has 0 fully saturated rings. The van der Waals surface area contributed by atoms with Gasteiger partial charge in [0.2, 0.25) is 11.8 Å². The molecule has 0 aliphatic heterocycles. The summed E-state index contributed by atoms with van der Waals surface area (Å²) in [4.78, 5) is 20.6. The SMILES string of the molecule is COc1cc(NS(=O)(=O)c2ccc(NC(=S)NC(=O)/C=C/c3cccs3)cc2)ncn1. The van der Waals surface area contributed by atoms with Crippen LogP contribution in [0.1, 0.15) is 4.88 Å². The van der Waals surface area contributed by atoms with E-state index < -0.39 is 10.0 Å². The number of thiophene rings is 1. The highest BCUT2D eigenvalue weighted by Crippen LogP contribution is 2.18. The Hall–Kier alpha value is -3.35. The molecule has 0 saturated heterocycles. The normalized spacial score (nSPS) is 11.1. The van der Waals surface area contributed by atoms with E-state index in [0.29, 0.717) is 5.69 Å². The topological polar surface area (TPSA) is 122 Å². The molecule has 0 radical (unpaired) electrons. The van der Waals surface area contributed by atoms with Gasteiger partial charge >= 0.3 is 0 Å². The fourth-order valence-corrected chi connectivity index (χ4v) is 4.12. The van der Waals surface area contributed by atoms with Crippen LogP contribution in [0.3, 0.4) is 0 Å². The van der Waals surface area contributed by atoms with Crippen LogP contribution in [0.25, 0.3) is 6.08 Å². The molecule has 0 saturated carbocycles. The van der Waals surface area contributed by atoms with Gasteiger partial charge in [-0.3, -0.25) is 14.8 Å². The average molecular weight is 476 g/mol. The maximum Gasteiger partial charge on any atom is 0.263 e. The number of sulfonamides is 1. The lowest BCUT2D eigenvalue weighted by atomic mass is 10.3. The average Bonchev–Trinajstić information content (AvgIpc) is 3.26. The largest absolute Gasteiger partial charge is 0.481 e. The highest BCUT2D eigenvalue weighted by atomic mass is 32.2. The van der Waals surface area contributed by atoms with Gasteiger partial charge in [0.25, 0.3) is 10.0 Å². The van der Waals surface area contributed by atoms with Crippen molar-refractivity contribution >= 4 is 62.2 Å². The number of anilines is 2. The first kappa shape index (κ1) is 22.3. The Morgan fingerprint density at radius 3 is 2.65 bits per heavy atom. The standard InChI is InChI=1S/C19H17N5O4S3/c1-28-18-11-16(20-12-21-18)24-31(26,27)15-7-4-13(5-8-15)22-19(29)23-17(25)9-6-14-3-2-10-30-14/h2-12H,1H3,(H,20,21,24)(H2,22,23,25,29)/b9-6+. The molecule has 31 heavy (non-hydrogen) atoms. The molecule has 2 heterocycles. The van der Waals surface area contributed by atoms with E-state index >= 15 is 0 Å². The molecular formula is C19H17N5O4S3. The van der Waals surface area contributed by atoms with E-state index in [-0.39, 0.29) is 27.6 Å². The number of carbonyl (C=O) groups is 1. The van der Waals surface area contributed by atoms with Gasteiger partial charge in [-0.25, -0.2) is 18.4 Å². The number of benzene rings is 1. The van der Waals surface area contributed by atoms with E-state index in [9.17, 15) is 13.2 Å². The minimum Gasteiger partial charge on any atom is -0.481 e. The first-order valence-electron chi connectivity index (χ1n) is 8.68. The van der Waals surface area contributed by atoms with Crippen LogP contribution < -0.4 is 20.1 Å². The Balaban J connectivity index is 1.58. The molecule has 2 aromatic heterocycles. The lowest BCUT2D eigenvalue weighted by Crippen LogP contribution is -2.32. The van der Waals surface area contributed by atoms with E-state index in [1.54, 1.807) is 6.08 Å². The second-order valence-electron chi connectivity index (χ2n) is 5.87. The number of ether oxygens (including phenoxy) is 1. The minimum absolute atomic E-state index is 0.0180. The highest BCUT2D eigenvalue weighted by Gasteiger charge is 2.15. The molecule has 0 unspecified atom stereocenters. The summed E-state index contributed by atoms with van der Waals surface area (Å²) in [6.45, 7) is 0. The van der Waals surface area contributed by atoms with Gasteiger partial charge in [-0.2, -0.15) is 0 Å². The summed E-state index contributed by atoms with van der Waals surface area (Å²) in [5.74, 6) is -0.0730. The van der Waals surface area contributed by atoms with Crippen molar-refractivity contribution in [1.82, 2.24) is 15.3 Å². The molecule has 12 heteroatoms. The molecule has 0 atom stereocenters. The van der Waals surface area contributed by atoms with Crippen molar-refractivity contribution in [2.24, 2.45) is 0 Å². The van der Waals surface area contributed by atoms with Gasteiger partial charge in [-0.15, -0.1) is 11.3 Å². The first-order valence-corrected chi connectivity index (χ1v) is 11.5. The predicted molar refractivity (Wildman–Crippen MR) is 124 cm³/mol. The Bertz CT molecular complexity index is 1190. The van der Waals surface area contributed by atoms with Gasteiger partial charge < -0.3 is 10.1 Å². The van der Waals surface area contributed by atoms with Crippen LogP contribution in [0.15, 0.2) is 65.1 Å². The molecule has 0 spiro atoms. The zero-order chi connectivity index (χ0) is 22.3. The van der Waals surface area contributed by atoms with Crippen LogP contribution in [0.5, 0.6) is 5.88 Å². The van der Waals surface area contributed by atoms with Crippen molar-refractivity contribution in [3.8, 4) is 5.88 Å². The van der Waals surface area contributed by atoms with Gasteiger partial charge in [0.05, 0.1) is 12.0 Å². The number of amides is 1. The fourth-order valence-electron chi connectivity index (χ4n) is 2.28. The predicted octanol–water partition coefficient (Wildman–Crippen LogP) is 2.87. The minimum atomic E-state index is -3.87. The number of hydrogen-bond donors (Lipinski definition) is 3. The zero-order valence-electron chi connectivity index (χ0n) is 16.1. The number of thiocarbonyl (C=S) groups is 1. The van der Waals surface area contributed by atoms with E-state index in [4.69, 9.17) is 17.0 Å². The van der Waals surface area contributed by atoms with Crippen molar-refractivity contribution in [3.63, 3.8) is 0 Å². The smallest absolute Gasteiger partial charge is 0.263 e. The van der Waals surface area contributed by atoms with Gasteiger partial charge in [0.1, 0.15) is 12.1 Å². The van der Waals surface area contributed by atoms with Gasteiger partial charge in [-0.05, 0) is 54.0 Å². The second kappa shape index (κ2) is 10.1. The van der Waals surface area contributed by atoms with Crippen LogP contribution in [-0.2, 0) is 14.8 Å². The first-order chi connectivity index (χ1) is 14.9. The number of nitrogens with one attached hydrogen (secondary N) is 3. The maximum atomic E-state index is 12.5. The quantitative estimate of drug-likeness (QED) is 0.352. The summed E-state index contributed by atoms with van der Waals surface area (Å²) in [5, 5.41) is 7.34. The Kier molecular flexibility index (Phi) is 7.28. The van der Waals surface area contributed by atoms with Crippen molar-refractivity contribution in [3.05, 3.63) is 65.1 Å². The number of methoxy groups -OCH3 is 1. The lowest BCUT2D eigenvalue weighted by molar-refractivity contribution is -0.115. The van der Waals surface area contributed by atoms with Gasteiger partial charge in [0.15, 0.2) is 5.11 Å². The third-order valence-electron chi connectivity index (χ3n) is 3.69. The van der Waals surface area contributed by atoms with Crippen molar-refractivity contribution in [1.29, 1.82) is 0 Å². The van der Waals surface area contributed by atoms with Crippen LogP contribution in [-0.4, -0.2) is 36.5 Å². The number of hydrogen-bond acceptors (Lipinski definition) is 8. The number of aromatic nitrogens is 2. The lowest BCUT2D eigenvalue weighted by Gasteiger charge is -2.10. The van der Waals surface area contributed by atoms with Crippen molar-refractivity contribution in [2.45, 2.75) is 4.90 Å². The van der Waals surface area contributed by atoms with Crippen molar-refractivity contribution < 1.29 is 17.9 Å². The maximum absolute atomic E-state index is 12.5. The van der Waals surface area contributed by atoms with Gasteiger partial charge in [-0.1, -0.05) is 6.07 Å². The third kappa shape index (κ3) is 6.57. The van der Waals surface area contributed by atoms with E-state index in [0.717, 1.165) is 4.88 Å². The molecule has 160 valence electrons. The molecule has 0 aliphatic carbocycles. The number of nitrogens with zero attached hydrogens (tertiary/aromatic N) is 2. The van der Waals surface area contributed by atoms with E-state index in [1.165, 1.54) is 61.2 Å². The van der Waals surface area contributed by atoms with E-state index in [1.807, 2.05) is 17.5 Å². The monoisotopic (exact) mass is 475 g/mol. The summed E-state index contributed by atoms with van der Waals surface area (Å²) in [6, 6.07) is 11.0. The molecule has 0 bridgehead atoms. The Morgan fingerprint density at radius 2 is 1.97 bits per heavy atom. The third-order valence-corrected chi connectivity index (χ3v) is 6.10. The Labute approximate surface area is 188 Å². The summed E-state index contributed by atoms with van der Waals surface area (Å²) in [7, 11) is -2.45. The number of rotatable bonds is 7. The molecule has 1 amide bonds. The second-order valence-corrected chi connectivity index (χ2v) is 8.94. The van der Waals surface area contributed by atoms with Crippen LogP contribution >= 0.6 is 23.6 Å². The van der Waals surface area contributed by atoms with Crippen LogP contribution in [0.2, 0.25) is 0 Å². The van der Waals surface area contributed by atoms with Crippen LogP contribution in [0, 0.1) is 0 Å². The molecule has 9 nitrogen and oxygen atoms in total. The zero-order valence-corrected chi connectivity index (χ0v) is 18.6. The number of carbonyl (C=O) groups excluding carboxylic acids is 1. The summed E-state index contributed by atoms with van der Waals surface area (Å²) in [5.41, 5.74) is 0.509. The summed E-state index contributed by atoms with van der Waals surface area (Å²) < 4.78 is 32.4. The Morgan fingerprint density at radius 1 is 1.19 bits per heavy atom. The molecule has 3 rings (SSSR count). The molecule has 0 aliphatic rings. The molecule has 1 aromatic carbocycles. The summed E-state index contributed by atoms with van der Waals surface area (Å²) >= 11 is 6.62. The van der Waals surface area contributed by atoms with Gasteiger partial charge in [0, 0.05) is 22.7 Å². The molecule has 3 N–H and O–H groups in total. The molecule has 3 aromatic rings. The summed E-state index contributed by atoms with van der Waals surface area (Å²) in [6.07, 6.45) is 4.25. The fraction of sp³-hybridized carbons (Fsp3) is 0.0526. The molecular weight excluding hydrogens is 458 g/mol. The van der Waals surface area contributed by atoms with Crippen LogP contribution in [0.4, 0.5) is 11.5 Å². The van der Waals surface area contributed by atoms with E-state index in [2.05, 4.69) is 25.3 Å². The highest BCUT2D eigenvalue weighted by molar-refractivity contribution is 7.92. The van der Waals surface area contributed by atoms with Crippen molar-refractivity contribution in [2.75, 3.05) is 17.1 Å².